The Morgan fingerprint density at radius 3 is 2.38 bits per heavy atom. The molecule has 0 saturated carbocycles. The second kappa shape index (κ2) is 7.56. The van der Waals surface area contributed by atoms with E-state index in [-0.39, 0.29) is 13.2 Å². The molecule has 0 N–H and O–H groups in total. The number of imide groups is 1. The molecule has 0 saturated heterocycles. The monoisotopic (exact) mass is 409 g/mol. The zero-order chi connectivity index (χ0) is 20.5. The van der Waals surface area contributed by atoms with E-state index in [4.69, 9.17) is 21.1 Å². The second-order valence-corrected chi connectivity index (χ2v) is 6.88. The number of halogens is 1. The number of hydrogen-bond donors (Lipinski definition) is 0. The predicted molar refractivity (Wildman–Crippen MR) is 107 cm³/mol. The number of esters is 1. The highest BCUT2D eigenvalue weighted by atomic mass is 35.5. The fourth-order valence-electron chi connectivity index (χ4n) is 3.34. The molecule has 3 aromatic carbocycles. The lowest BCUT2D eigenvalue weighted by molar-refractivity contribution is -0.141. The first-order valence-corrected chi connectivity index (χ1v) is 9.33. The van der Waals surface area contributed by atoms with Crippen molar-refractivity contribution in [3.05, 3.63) is 70.7 Å². The SMILES string of the molecule is CC(=O)OCCN1C(=O)c2cccc3c(Oc4ccccc4Cl)ccc(c23)C1=O. The van der Waals surface area contributed by atoms with Crippen molar-refractivity contribution < 1.29 is 23.9 Å². The van der Waals surface area contributed by atoms with Gasteiger partial charge in [0.2, 0.25) is 0 Å². The fraction of sp³-hybridized carbons (Fsp3) is 0.136. The maximum absolute atomic E-state index is 12.9. The minimum atomic E-state index is -0.467. The number of ether oxygens (including phenoxy) is 2. The topological polar surface area (TPSA) is 72.9 Å². The van der Waals surface area contributed by atoms with Crippen molar-refractivity contribution in [3.63, 3.8) is 0 Å². The summed E-state index contributed by atoms with van der Waals surface area (Å²) < 4.78 is 10.8. The Labute approximate surface area is 171 Å². The van der Waals surface area contributed by atoms with E-state index < -0.39 is 17.8 Å². The van der Waals surface area contributed by atoms with Crippen molar-refractivity contribution in [2.24, 2.45) is 0 Å². The summed E-state index contributed by atoms with van der Waals surface area (Å²) in [6.45, 7) is 1.22. The molecule has 1 heterocycles. The van der Waals surface area contributed by atoms with E-state index in [1.807, 2.05) is 0 Å². The molecule has 0 fully saturated rings. The molecule has 7 heteroatoms. The lowest BCUT2D eigenvalue weighted by atomic mass is 9.93. The van der Waals surface area contributed by atoms with Gasteiger partial charge in [0.1, 0.15) is 18.1 Å². The van der Waals surface area contributed by atoms with E-state index in [9.17, 15) is 14.4 Å². The Morgan fingerprint density at radius 2 is 1.66 bits per heavy atom. The van der Waals surface area contributed by atoms with Crippen molar-refractivity contribution in [1.82, 2.24) is 4.90 Å². The Morgan fingerprint density at radius 1 is 0.931 bits per heavy atom. The molecule has 0 bridgehead atoms. The van der Waals surface area contributed by atoms with E-state index in [0.29, 0.717) is 38.4 Å². The summed E-state index contributed by atoms with van der Waals surface area (Å²) in [5, 5.41) is 1.63. The predicted octanol–water partition coefficient (Wildman–Crippen LogP) is 4.44. The molecule has 146 valence electrons. The summed E-state index contributed by atoms with van der Waals surface area (Å²) in [7, 11) is 0. The molecule has 0 spiro atoms. The maximum atomic E-state index is 12.9. The largest absolute Gasteiger partial charge is 0.464 e. The van der Waals surface area contributed by atoms with E-state index in [2.05, 4.69) is 0 Å². The van der Waals surface area contributed by atoms with Crippen LogP contribution in [0.5, 0.6) is 11.5 Å². The van der Waals surface area contributed by atoms with Gasteiger partial charge < -0.3 is 9.47 Å². The number of benzene rings is 3. The Bertz CT molecular complexity index is 1130. The minimum Gasteiger partial charge on any atom is -0.464 e. The number of carbonyl (C=O) groups excluding carboxylic acids is 3. The van der Waals surface area contributed by atoms with Crippen LogP contribution >= 0.6 is 11.6 Å². The highest BCUT2D eigenvalue weighted by Crippen LogP contribution is 2.38. The van der Waals surface area contributed by atoms with Gasteiger partial charge in [0.05, 0.1) is 11.6 Å². The van der Waals surface area contributed by atoms with Crippen LogP contribution in [0.2, 0.25) is 5.02 Å². The van der Waals surface area contributed by atoms with Crippen LogP contribution in [0.3, 0.4) is 0 Å². The molecule has 1 aliphatic heterocycles. The molecule has 0 unspecified atom stereocenters. The van der Waals surface area contributed by atoms with Gasteiger partial charge in [-0.3, -0.25) is 19.3 Å². The molecular weight excluding hydrogens is 394 g/mol. The normalized spacial score (nSPS) is 13.0. The van der Waals surface area contributed by atoms with Crippen molar-refractivity contribution >= 4 is 40.2 Å². The molecule has 29 heavy (non-hydrogen) atoms. The van der Waals surface area contributed by atoms with Gasteiger partial charge in [0.15, 0.2) is 0 Å². The van der Waals surface area contributed by atoms with Crippen LogP contribution < -0.4 is 4.74 Å². The average Bonchev–Trinajstić information content (AvgIpc) is 2.71. The van der Waals surface area contributed by atoms with Gasteiger partial charge >= 0.3 is 5.97 Å². The van der Waals surface area contributed by atoms with E-state index in [0.717, 1.165) is 4.90 Å². The maximum Gasteiger partial charge on any atom is 0.302 e. The summed E-state index contributed by atoms with van der Waals surface area (Å²) in [4.78, 5) is 37.9. The van der Waals surface area contributed by atoms with Crippen LogP contribution in [0.4, 0.5) is 0 Å². The second-order valence-electron chi connectivity index (χ2n) is 6.47. The number of carbonyl (C=O) groups is 3. The summed E-state index contributed by atoms with van der Waals surface area (Å²) in [5.41, 5.74) is 0.786. The summed E-state index contributed by atoms with van der Waals surface area (Å²) in [6.07, 6.45) is 0. The molecule has 6 nitrogen and oxygen atoms in total. The van der Waals surface area contributed by atoms with Crippen molar-refractivity contribution in [1.29, 1.82) is 0 Å². The summed E-state index contributed by atoms with van der Waals surface area (Å²) in [6, 6.07) is 15.6. The molecular formula is C22H16ClNO5. The first-order valence-electron chi connectivity index (χ1n) is 8.95. The van der Waals surface area contributed by atoms with Crippen LogP contribution in [0.15, 0.2) is 54.6 Å². The third-order valence-electron chi connectivity index (χ3n) is 4.63. The quantitative estimate of drug-likeness (QED) is 0.460. The van der Waals surface area contributed by atoms with Crippen molar-refractivity contribution in [3.8, 4) is 11.5 Å². The Balaban J connectivity index is 1.75. The van der Waals surface area contributed by atoms with Gasteiger partial charge in [-0.15, -0.1) is 0 Å². The third kappa shape index (κ3) is 3.43. The van der Waals surface area contributed by atoms with Gasteiger partial charge in [-0.05, 0) is 30.3 Å². The van der Waals surface area contributed by atoms with Crippen LogP contribution in [0.1, 0.15) is 27.6 Å². The molecule has 0 aromatic heterocycles. The molecule has 3 aromatic rings. The minimum absolute atomic E-state index is 0.00898. The van der Waals surface area contributed by atoms with E-state index in [1.165, 1.54) is 6.92 Å². The van der Waals surface area contributed by atoms with Crippen molar-refractivity contribution in [2.45, 2.75) is 6.92 Å². The average molecular weight is 410 g/mol. The van der Waals surface area contributed by atoms with Gasteiger partial charge in [-0.2, -0.15) is 0 Å². The fourth-order valence-corrected chi connectivity index (χ4v) is 3.51. The van der Waals surface area contributed by atoms with Crippen LogP contribution in [-0.4, -0.2) is 35.8 Å². The zero-order valence-electron chi connectivity index (χ0n) is 15.5. The summed E-state index contributed by atoms with van der Waals surface area (Å²) >= 11 is 6.19. The van der Waals surface area contributed by atoms with Gasteiger partial charge in [-0.1, -0.05) is 35.9 Å². The standard InChI is InChI=1S/C22H16ClNO5/c1-13(25)28-12-11-24-21(26)15-6-4-5-14-18(10-9-16(20(14)15)22(24)27)29-19-8-3-2-7-17(19)23/h2-10H,11-12H2,1H3. The number of nitrogens with zero attached hydrogens (tertiary/aromatic N) is 1. The van der Waals surface area contributed by atoms with Crippen LogP contribution in [0.25, 0.3) is 10.8 Å². The molecule has 4 rings (SSSR count). The Kier molecular flexibility index (Phi) is 4.94. The van der Waals surface area contributed by atoms with Crippen LogP contribution in [0, 0.1) is 0 Å². The number of para-hydroxylation sites is 1. The Hall–Kier alpha value is -3.38. The van der Waals surface area contributed by atoms with E-state index in [1.54, 1.807) is 54.6 Å². The molecule has 0 atom stereocenters. The third-order valence-corrected chi connectivity index (χ3v) is 4.94. The highest BCUT2D eigenvalue weighted by Gasteiger charge is 2.33. The first-order chi connectivity index (χ1) is 14.0. The molecule has 1 aliphatic rings. The molecule has 0 radical (unpaired) electrons. The van der Waals surface area contributed by atoms with Gasteiger partial charge in [0.25, 0.3) is 11.8 Å². The van der Waals surface area contributed by atoms with Gasteiger partial charge in [-0.25, -0.2) is 0 Å². The number of rotatable bonds is 5. The van der Waals surface area contributed by atoms with Gasteiger partial charge in [0, 0.05) is 28.8 Å². The number of hydrogen-bond acceptors (Lipinski definition) is 5. The lowest BCUT2D eigenvalue weighted by Gasteiger charge is -2.27. The number of amides is 2. The van der Waals surface area contributed by atoms with Crippen molar-refractivity contribution in [2.75, 3.05) is 13.2 Å². The molecule has 0 aliphatic carbocycles. The zero-order valence-corrected chi connectivity index (χ0v) is 16.2. The van der Waals surface area contributed by atoms with E-state index >= 15 is 0 Å². The lowest BCUT2D eigenvalue weighted by Crippen LogP contribution is -2.42. The smallest absolute Gasteiger partial charge is 0.302 e. The molecule has 2 amide bonds. The first kappa shape index (κ1) is 19.0. The highest BCUT2D eigenvalue weighted by molar-refractivity contribution is 6.32. The summed E-state index contributed by atoms with van der Waals surface area (Å²) in [5.74, 6) is -0.366. The van der Waals surface area contributed by atoms with Crippen LogP contribution in [-0.2, 0) is 9.53 Å².